The van der Waals surface area contributed by atoms with Gasteiger partial charge in [-0.25, -0.2) is 4.39 Å². The Hall–Kier alpha value is -2.41. The van der Waals surface area contributed by atoms with Crippen LogP contribution in [0, 0.1) is 11.7 Å². The molecule has 0 heterocycles. The molecule has 1 fully saturated rings. The number of rotatable bonds is 6. The smallest absolute Gasteiger partial charge is 0.138 e. The number of halogens is 1. The lowest BCUT2D eigenvalue weighted by Gasteiger charge is -2.28. The van der Waals surface area contributed by atoms with Crippen molar-refractivity contribution in [2.24, 2.45) is 5.92 Å². The second-order valence-corrected chi connectivity index (χ2v) is 8.54. The van der Waals surface area contributed by atoms with Gasteiger partial charge in [-0.2, -0.15) is 0 Å². The number of allylic oxidation sites excluding steroid dienone is 1. The van der Waals surface area contributed by atoms with Crippen LogP contribution in [-0.4, -0.2) is 0 Å². The Labute approximate surface area is 174 Å². The molecule has 0 aromatic heterocycles. The van der Waals surface area contributed by atoms with Gasteiger partial charge in [0.15, 0.2) is 0 Å². The van der Waals surface area contributed by atoms with Crippen LogP contribution in [0.2, 0.25) is 0 Å². The van der Waals surface area contributed by atoms with E-state index in [0.717, 1.165) is 29.7 Å². The van der Waals surface area contributed by atoms with E-state index in [0.29, 0.717) is 16.9 Å². The van der Waals surface area contributed by atoms with Crippen molar-refractivity contribution in [2.45, 2.75) is 57.8 Å². The van der Waals surface area contributed by atoms with Gasteiger partial charge >= 0.3 is 0 Å². The molecule has 0 spiro atoms. The molecule has 3 aromatic carbocycles. The molecule has 3 aromatic rings. The van der Waals surface area contributed by atoms with Crippen LogP contribution in [0.15, 0.2) is 67.3 Å². The molecule has 0 amide bonds. The van der Waals surface area contributed by atoms with Crippen molar-refractivity contribution in [3.05, 3.63) is 84.2 Å². The Kier molecular flexibility index (Phi) is 6.13. The summed E-state index contributed by atoms with van der Waals surface area (Å²) in [6, 6.07) is 18.7. The van der Waals surface area contributed by atoms with E-state index >= 15 is 4.39 Å². The van der Waals surface area contributed by atoms with E-state index in [9.17, 15) is 0 Å². The van der Waals surface area contributed by atoms with E-state index < -0.39 is 0 Å². The number of aryl methyl sites for hydroxylation is 1. The number of hydrogen-bond acceptors (Lipinski definition) is 0. The summed E-state index contributed by atoms with van der Waals surface area (Å²) in [6.07, 6.45) is 10.6. The maximum atomic E-state index is 15.2. The lowest BCUT2D eigenvalue weighted by molar-refractivity contribution is 0.312. The number of benzene rings is 3. The summed E-state index contributed by atoms with van der Waals surface area (Å²) >= 11 is 0. The highest BCUT2D eigenvalue weighted by atomic mass is 19.1. The second-order valence-electron chi connectivity index (χ2n) is 8.54. The maximum absolute atomic E-state index is 15.2. The molecule has 0 N–H and O–H groups in total. The van der Waals surface area contributed by atoms with Gasteiger partial charge in [-0.3, -0.25) is 0 Å². The summed E-state index contributed by atoms with van der Waals surface area (Å²) in [6.45, 7) is 5.97. The van der Waals surface area contributed by atoms with Crippen LogP contribution in [0.1, 0.15) is 62.5 Å². The predicted octanol–water partition coefficient (Wildman–Crippen LogP) is 8.45. The molecular formula is C28H31F. The Morgan fingerprint density at radius 3 is 2.41 bits per heavy atom. The molecule has 0 aliphatic heterocycles. The molecule has 4 rings (SSSR count). The van der Waals surface area contributed by atoms with Gasteiger partial charge in [0.05, 0.1) is 0 Å². The Morgan fingerprint density at radius 1 is 0.966 bits per heavy atom. The van der Waals surface area contributed by atoms with Gasteiger partial charge in [-0.1, -0.05) is 67.6 Å². The van der Waals surface area contributed by atoms with Gasteiger partial charge in [-0.15, -0.1) is 6.58 Å². The summed E-state index contributed by atoms with van der Waals surface area (Å²) in [7, 11) is 0. The van der Waals surface area contributed by atoms with Gasteiger partial charge in [0.25, 0.3) is 0 Å². The van der Waals surface area contributed by atoms with E-state index in [1.54, 1.807) is 0 Å². The van der Waals surface area contributed by atoms with Crippen molar-refractivity contribution >= 4 is 10.8 Å². The summed E-state index contributed by atoms with van der Waals surface area (Å²) in [5, 5.41) is 1.69. The van der Waals surface area contributed by atoms with Crippen molar-refractivity contribution in [1.82, 2.24) is 0 Å². The predicted molar refractivity (Wildman–Crippen MR) is 123 cm³/mol. The summed E-state index contributed by atoms with van der Waals surface area (Å²) in [5.41, 5.74) is 4.31. The first-order valence-electron chi connectivity index (χ1n) is 11.1. The van der Waals surface area contributed by atoms with Crippen LogP contribution in [0.4, 0.5) is 4.39 Å². The van der Waals surface area contributed by atoms with E-state index in [-0.39, 0.29) is 5.82 Å². The minimum Gasteiger partial charge on any atom is -0.206 e. The first-order valence-corrected chi connectivity index (χ1v) is 11.1. The minimum absolute atomic E-state index is 0.111. The van der Waals surface area contributed by atoms with E-state index in [2.05, 4.69) is 43.8 Å². The fourth-order valence-corrected chi connectivity index (χ4v) is 4.86. The fraction of sp³-hybridized carbons (Fsp3) is 0.357. The molecule has 0 radical (unpaired) electrons. The van der Waals surface area contributed by atoms with Crippen molar-refractivity contribution in [3.63, 3.8) is 0 Å². The zero-order valence-electron chi connectivity index (χ0n) is 17.5. The molecule has 0 unspecified atom stereocenters. The van der Waals surface area contributed by atoms with Crippen LogP contribution >= 0.6 is 0 Å². The summed E-state index contributed by atoms with van der Waals surface area (Å²) in [5.74, 6) is 1.40. The molecule has 0 nitrogen and oxygen atoms in total. The third kappa shape index (κ3) is 4.29. The Balaban J connectivity index is 1.51. The number of hydrogen-bond donors (Lipinski definition) is 0. The normalized spacial score (nSPS) is 19.4. The van der Waals surface area contributed by atoms with Crippen LogP contribution in [-0.2, 0) is 6.42 Å². The summed E-state index contributed by atoms with van der Waals surface area (Å²) in [4.78, 5) is 0. The average molecular weight is 387 g/mol. The standard InChI is InChI=1S/C28H31F/c1-3-5-6-21-7-10-22(11-8-21)23-12-14-24(15-13-23)26-18-16-25-19-20(4-2)9-17-27(25)28(26)29/h3,9,12-19,21-22H,1,4-8,10-11H2,2H3. The largest absolute Gasteiger partial charge is 0.206 e. The van der Waals surface area contributed by atoms with E-state index in [1.165, 1.54) is 43.2 Å². The van der Waals surface area contributed by atoms with E-state index in [1.807, 2.05) is 30.3 Å². The van der Waals surface area contributed by atoms with Crippen LogP contribution in [0.3, 0.4) is 0 Å². The highest BCUT2D eigenvalue weighted by Gasteiger charge is 2.22. The molecule has 0 saturated heterocycles. The Bertz CT molecular complexity index is 975. The molecule has 0 bridgehead atoms. The van der Waals surface area contributed by atoms with Crippen molar-refractivity contribution < 1.29 is 4.39 Å². The zero-order valence-corrected chi connectivity index (χ0v) is 17.5. The highest BCUT2D eigenvalue weighted by molar-refractivity contribution is 5.88. The maximum Gasteiger partial charge on any atom is 0.138 e. The first kappa shape index (κ1) is 19.9. The van der Waals surface area contributed by atoms with Gasteiger partial charge < -0.3 is 0 Å². The fourth-order valence-electron chi connectivity index (χ4n) is 4.86. The zero-order chi connectivity index (χ0) is 20.2. The molecule has 29 heavy (non-hydrogen) atoms. The van der Waals surface area contributed by atoms with Crippen LogP contribution in [0.25, 0.3) is 21.9 Å². The minimum atomic E-state index is -0.111. The SMILES string of the molecule is C=CCCC1CCC(c2ccc(-c3ccc4cc(CC)ccc4c3F)cc2)CC1. The summed E-state index contributed by atoms with van der Waals surface area (Å²) < 4.78 is 15.2. The second kappa shape index (κ2) is 8.95. The van der Waals surface area contributed by atoms with Crippen LogP contribution < -0.4 is 0 Å². The topological polar surface area (TPSA) is 0 Å². The molecule has 1 aliphatic rings. The third-order valence-electron chi connectivity index (χ3n) is 6.75. The van der Waals surface area contributed by atoms with Gasteiger partial charge in [0.2, 0.25) is 0 Å². The van der Waals surface area contributed by atoms with Gasteiger partial charge in [0, 0.05) is 10.9 Å². The molecule has 0 atom stereocenters. The number of fused-ring (bicyclic) bond motifs is 1. The molecule has 150 valence electrons. The average Bonchev–Trinajstić information content (AvgIpc) is 2.78. The Morgan fingerprint density at radius 2 is 1.72 bits per heavy atom. The van der Waals surface area contributed by atoms with Gasteiger partial charge in [-0.05, 0) is 78.9 Å². The van der Waals surface area contributed by atoms with Crippen molar-refractivity contribution in [2.75, 3.05) is 0 Å². The molecular weight excluding hydrogens is 355 g/mol. The third-order valence-corrected chi connectivity index (χ3v) is 6.75. The highest BCUT2D eigenvalue weighted by Crippen LogP contribution is 2.38. The van der Waals surface area contributed by atoms with Crippen LogP contribution in [0.5, 0.6) is 0 Å². The van der Waals surface area contributed by atoms with Gasteiger partial charge in [0.1, 0.15) is 5.82 Å². The lowest BCUT2D eigenvalue weighted by Crippen LogP contribution is -2.13. The first-order chi connectivity index (χ1) is 14.2. The monoisotopic (exact) mass is 386 g/mol. The molecule has 1 aliphatic carbocycles. The quantitative estimate of drug-likeness (QED) is 0.373. The van der Waals surface area contributed by atoms with E-state index in [4.69, 9.17) is 0 Å². The lowest BCUT2D eigenvalue weighted by atomic mass is 9.77. The van der Waals surface area contributed by atoms with Crippen molar-refractivity contribution in [3.8, 4) is 11.1 Å². The van der Waals surface area contributed by atoms with Crippen molar-refractivity contribution in [1.29, 1.82) is 0 Å². The molecule has 1 saturated carbocycles. The molecule has 1 heteroatoms.